The van der Waals surface area contributed by atoms with Crippen LogP contribution >= 0.6 is 0 Å². The number of carbonyl (C=O) groups is 1. The minimum absolute atomic E-state index is 0.106. The zero-order valence-electron chi connectivity index (χ0n) is 19.5. The van der Waals surface area contributed by atoms with E-state index in [1.807, 2.05) is 45.2 Å². The number of benzene rings is 2. The van der Waals surface area contributed by atoms with E-state index in [1.165, 1.54) is 36.4 Å². The molecule has 3 rings (SSSR count). The van der Waals surface area contributed by atoms with Crippen LogP contribution in [0.1, 0.15) is 30.5 Å². The van der Waals surface area contributed by atoms with Gasteiger partial charge in [0, 0.05) is 19.2 Å². The average Bonchev–Trinajstić information content (AvgIpc) is 3.13. The van der Waals surface area contributed by atoms with E-state index < -0.39 is 15.9 Å². The van der Waals surface area contributed by atoms with Crippen LogP contribution in [0.2, 0.25) is 0 Å². The van der Waals surface area contributed by atoms with Gasteiger partial charge in [0.15, 0.2) is 9.84 Å². The number of urea groups is 1. The smallest absolute Gasteiger partial charge is 0.319 e. The van der Waals surface area contributed by atoms with Gasteiger partial charge in [0.1, 0.15) is 5.75 Å². The Kier molecular flexibility index (Phi) is 7.61. The Morgan fingerprint density at radius 2 is 1.94 bits per heavy atom. The van der Waals surface area contributed by atoms with Crippen molar-refractivity contribution in [2.45, 2.75) is 43.6 Å². The largest absolute Gasteiger partial charge is 0.495 e. The van der Waals surface area contributed by atoms with Crippen molar-refractivity contribution < 1.29 is 17.9 Å². The molecule has 0 spiro atoms. The number of fused-ring (bicyclic) bond motifs is 1. The van der Waals surface area contributed by atoms with E-state index in [0.29, 0.717) is 5.69 Å². The van der Waals surface area contributed by atoms with E-state index in [0.717, 1.165) is 24.2 Å². The van der Waals surface area contributed by atoms with Gasteiger partial charge in [-0.3, -0.25) is 4.90 Å². The van der Waals surface area contributed by atoms with Crippen molar-refractivity contribution in [2.75, 3.05) is 19.5 Å². The molecule has 8 heteroatoms. The fourth-order valence-corrected chi connectivity index (χ4v) is 5.31. The lowest BCUT2D eigenvalue weighted by molar-refractivity contribution is 0.250. The molecule has 2 N–H and O–H groups in total. The Bertz CT molecular complexity index is 1190. The first-order valence-corrected chi connectivity index (χ1v) is 12.4. The number of hydrogen-bond donors (Lipinski definition) is 2. The fourth-order valence-electron chi connectivity index (χ4n) is 3.96. The van der Waals surface area contributed by atoms with Crippen LogP contribution in [-0.4, -0.2) is 39.5 Å². The second-order valence-electron chi connectivity index (χ2n) is 8.21. The SMILES string of the molecule is C=C/C(=C\C)C(C)NC(=O)Nc1ccc(S(=O)(=O)Cc2ccc3c(c2)CN(C)C3)cc1OC. The molecule has 1 heterocycles. The number of rotatable bonds is 8. The van der Waals surface area contributed by atoms with Crippen molar-refractivity contribution in [3.8, 4) is 5.75 Å². The summed E-state index contributed by atoms with van der Waals surface area (Å²) in [6, 6.07) is 9.65. The van der Waals surface area contributed by atoms with Crippen LogP contribution in [0.5, 0.6) is 5.75 Å². The molecule has 1 unspecified atom stereocenters. The molecule has 7 nitrogen and oxygen atoms in total. The van der Waals surface area contributed by atoms with Gasteiger partial charge < -0.3 is 15.4 Å². The van der Waals surface area contributed by atoms with E-state index in [9.17, 15) is 13.2 Å². The predicted molar refractivity (Wildman–Crippen MR) is 131 cm³/mol. The third-order valence-electron chi connectivity index (χ3n) is 5.70. The molecular formula is C25H31N3O4S. The van der Waals surface area contributed by atoms with Gasteiger partial charge in [-0.1, -0.05) is 36.9 Å². The van der Waals surface area contributed by atoms with Crippen LogP contribution in [0.25, 0.3) is 0 Å². The second kappa shape index (κ2) is 10.2. The summed E-state index contributed by atoms with van der Waals surface area (Å²) in [6.45, 7) is 9.15. The number of anilines is 1. The third-order valence-corrected chi connectivity index (χ3v) is 7.39. The molecule has 0 radical (unpaired) electrons. The van der Waals surface area contributed by atoms with Gasteiger partial charge in [-0.15, -0.1) is 0 Å². The summed E-state index contributed by atoms with van der Waals surface area (Å²) in [5.74, 6) is 0.162. The number of methoxy groups -OCH3 is 1. The Hall–Kier alpha value is -3.10. The van der Waals surface area contributed by atoms with Gasteiger partial charge in [0.05, 0.1) is 29.5 Å². The minimum Gasteiger partial charge on any atom is -0.495 e. The number of nitrogens with one attached hydrogen (secondary N) is 2. The fraction of sp³-hybridized carbons (Fsp3) is 0.320. The lowest BCUT2D eigenvalue weighted by Gasteiger charge is -2.17. The number of hydrogen-bond acceptors (Lipinski definition) is 5. The maximum atomic E-state index is 13.1. The minimum atomic E-state index is -3.60. The van der Waals surface area contributed by atoms with Crippen LogP contribution in [0.4, 0.5) is 10.5 Å². The Morgan fingerprint density at radius 1 is 1.21 bits per heavy atom. The monoisotopic (exact) mass is 469 g/mol. The lowest BCUT2D eigenvalue weighted by Crippen LogP contribution is -2.37. The van der Waals surface area contributed by atoms with Crippen molar-refractivity contribution in [3.05, 3.63) is 77.4 Å². The highest BCUT2D eigenvalue weighted by atomic mass is 32.2. The molecule has 0 bridgehead atoms. The topological polar surface area (TPSA) is 87.7 Å². The third kappa shape index (κ3) is 5.83. The van der Waals surface area contributed by atoms with Gasteiger partial charge in [0.25, 0.3) is 0 Å². The zero-order valence-corrected chi connectivity index (χ0v) is 20.3. The van der Waals surface area contributed by atoms with Crippen LogP contribution in [0.15, 0.2) is 65.6 Å². The van der Waals surface area contributed by atoms with E-state index >= 15 is 0 Å². The Morgan fingerprint density at radius 3 is 2.61 bits per heavy atom. The molecule has 0 aromatic heterocycles. The van der Waals surface area contributed by atoms with Crippen molar-refractivity contribution in [3.63, 3.8) is 0 Å². The molecule has 2 aromatic rings. The summed E-state index contributed by atoms with van der Waals surface area (Å²) in [6.07, 6.45) is 3.56. The van der Waals surface area contributed by atoms with Crippen molar-refractivity contribution in [2.24, 2.45) is 0 Å². The highest BCUT2D eigenvalue weighted by molar-refractivity contribution is 7.90. The molecule has 0 saturated carbocycles. The first-order valence-electron chi connectivity index (χ1n) is 10.7. The van der Waals surface area contributed by atoms with Gasteiger partial charge in [-0.2, -0.15) is 0 Å². The van der Waals surface area contributed by atoms with Crippen LogP contribution in [0, 0.1) is 0 Å². The predicted octanol–water partition coefficient (Wildman–Crippen LogP) is 4.26. The molecule has 1 atom stereocenters. The normalized spacial score (nSPS) is 15.0. The lowest BCUT2D eigenvalue weighted by atomic mass is 10.1. The Labute approximate surface area is 196 Å². The first kappa shape index (κ1) is 24.5. The maximum Gasteiger partial charge on any atom is 0.319 e. The first-order chi connectivity index (χ1) is 15.7. The molecule has 0 saturated heterocycles. The number of nitrogens with zero attached hydrogens (tertiary/aromatic N) is 1. The molecule has 2 amide bonds. The number of ether oxygens (including phenoxy) is 1. The van der Waals surface area contributed by atoms with Crippen molar-refractivity contribution in [1.82, 2.24) is 10.2 Å². The molecule has 1 aliphatic heterocycles. The van der Waals surface area contributed by atoms with E-state index in [4.69, 9.17) is 4.74 Å². The average molecular weight is 470 g/mol. The standard InChI is InChI=1S/C25H31N3O4S/c1-6-19(7-2)17(3)26-25(29)27-23-11-10-22(13-24(23)32-5)33(30,31)16-18-8-9-20-14-28(4)15-21(20)12-18/h6-13,17H,1,14-16H2,2-5H3,(H2,26,27,29)/b19-7+. The van der Waals surface area contributed by atoms with Gasteiger partial charge in [-0.25, -0.2) is 13.2 Å². The highest BCUT2D eigenvalue weighted by Crippen LogP contribution is 2.30. The molecule has 1 aliphatic rings. The molecule has 0 fully saturated rings. The second-order valence-corrected chi connectivity index (χ2v) is 10.2. The van der Waals surface area contributed by atoms with Gasteiger partial charge >= 0.3 is 6.03 Å². The highest BCUT2D eigenvalue weighted by Gasteiger charge is 2.21. The van der Waals surface area contributed by atoms with Crippen LogP contribution < -0.4 is 15.4 Å². The maximum absolute atomic E-state index is 13.1. The molecule has 2 aromatic carbocycles. The van der Waals surface area contributed by atoms with Crippen LogP contribution in [-0.2, 0) is 28.7 Å². The number of sulfone groups is 1. The summed E-state index contributed by atoms with van der Waals surface area (Å²) in [7, 11) is -0.125. The summed E-state index contributed by atoms with van der Waals surface area (Å²) < 4.78 is 31.5. The van der Waals surface area contributed by atoms with Gasteiger partial charge in [0.2, 0.25) is 0 Å². The number of allylic oxidation sites excluding steroid dienone is 1. The van der Waals surface area contributed by atoms with E-state index in [2.05, 4.69) is 22.1 Å². The zero-order chi connectivity index (χ0) is 24.2. The van der Waals surface area contributed by atoms with Crippen LogP contribution in [0.3, 0.4) is 0 Å². The number of amides is 2. The quantitative estimate of drug-likeness (QED) is 0.564. The van der Waals surface area contributed by atoms with Crippen molar-refractivity contribution >= 4 is 21.6 Å². The molecule has 0 aliphatic carbocycles. The number of carbonyl (C=O) groups excluding carboxylic acids is 1. The molecular weight excluding hydrogens is 438 g/mol. The van der Waals surface area contributed by atoms with Gasteiger partial charge in [-0.05, 0) is 55.3 Å². The summed E-state index contributed by atoms with van der Waals surface area (Å²) in [5.41, 5.74) is 4.41. The molecule has 33 heavy (non-hydrogen) atoms. The summed E-state index contributed by atoms with van der Waals surface area (Å²) in [5, 5.41) is 5.54. The van der Waals surface area contributed by atoms with E-state index in [-0.39, 0.29) is 22.4 Å². The summed E-state index contributed by atoms with van der Waals surface area (Å²) >= 11 is 0. The summed E-state index contributed by atoms with van der Waals surface area (Å²) in [4.78, 5) is 14.7. The van der Waals surface area contributed by atoms with Crippen molar-refractivity contribution in [1.29, 1.82) is 0 Å². The van der Waals surface area contributed by atoms with E-state index in [1.54, 1.807) is 6.08 Å². The Balaban J connectivity index is 1.75. The molecule has 176 valence electrons.